The standard InChI is InChI=1S/C12H14N2O3/c15-7-10(16)8-17-11-3-1-9(2-4-11)12-13-5-6-14-12/h1-6,10,15-16H,7-8H2,(H,13,14)/t10-/m0/s1. The van der Waals surface area contributed by atoms with E-state index in [9.17, 15) is 0 Å². The number of rotatable bonds is 5. The van der Waals surface area contributed by atoms with Crippen LogP contribution in [0.4, 0.5) is 0 Å². The second-order valence-corrected chi connectivity index (χ2v) is 3.61. The van der Waals surface area contributed by atoms with E-state index in [-0.39, 0.29) is 13.2 Å². The summed E-state index contributed by atoms with van der Waals surface area (Å²) in [6, 6.07) is 7.34. The Bertz CT molecular complexity index is 439. The molecule has 1 aromatic heterocycles. The third kappa shape index (κ3) is 3.05. The predicted octanol–water partition coefficient (Wildman–Crippen LogP) is 0.809. The van der Waals surface area contributed by atoms with Gasteiger partial charge in [-0.05, 0) is 24.3 Å². The summed E-state index contributed by atoms with van der Waals surface area (Å²) in [6.07, 6.45) is 2.61. The van der Waals surface area contributed by atoms with E-state index in [1.54, 1.807) is 24.5 Å². The molecule has 5 nitrogen and oxygen atoms in total. The Morgan fingerprint density at radius 2 is 2.06 bits per heavy atom. The molecule has 5 heteroatoms. The van der Waals surface area contributed by atoms with E-state index in [1.165, 1.54) is 0 Å². The van der Waals surface area contributed by atoms with Crippen LogP contribution in [0.5, 0.6) is 5.75 Å². The summed E-state index contributed by atoms with van der Waals surface area (Å²) in [7, 11) is 0. The number of hydrogen-bond donors (Lipinski definition) is 3. The Morgan fingerprint density at radius 1 is 1.29 bits per heavy atom. The molecule has 0 amide bonds. The molecule has 3 N–H and O–H groups in total. The van der Waals surface area contributed by atoms with Gasteiger partial charge in [0.2, 0.25) is 0 Å². The maximum Gasteiger partial charge on any atom is 0.137 e. The summed E-state index contributed by atoms with van der Waals surface area (Å²) in [5, 5.41) is 17.8. The fraction of sp³-hybridized carbons (Fsp3) is 0.250. The van der Waals surface area contributed by atoms with Crippen LogP contribution in [0.25, 0.3) is 11.4 Å². The maximum absolute atomic E-state index is 9.13. The van der Waals surface area contributed by atoms with Crippen molar-refractivity contribution in [2.75, 3.05) is 13.2 Å². The van der Waals surface area contributed by atoms with Gasteiger partial charge in [0, 0.05) is 18.0 Å². The second-order valence-electron chi connectivity index (χ2n) is 3.61. The van der Waals surface area contributed by atoms with Crippen molar-refractivity contribution in [2.45, 2.75) is 6.10 Å². The molecule has 1 atom stereocenters. The predicted molar refractivity (Wildman–Crippen MR) is 62.6 cm³/mol. The fourth-order valence-electron chi connectivity index (χ4n) is 1.38. The summed E-state index contributed by atoms with van der Waals surface area (Å²) in [6.45, 7) is -0.221. The van der Waals surface area contributed by atoms with E-state index in [4.69, 9.17) is 14.9 Å². The summed E-state index contributed by atoms with van der Waals surface area (Å²) < 4.78 is 5.29. The minimum Gasteiger partial charge on any atom is -0.491 e. The van der Waals surface area contributed by atoms with E-state index < -0.39 is 6.10 Å². The summed E-state index contributed by atoms with van der Waals surface area (Å²) in [5.74, 6) is 1.44. The van der Waals surface area contributed by atoms with Crippen molar-refractivity contribution in [3.63, 3.8) is 0 Å². The van der Waals surface area contributed by atoms with Gasteiger partial charge in [0.15, 0.2) is 0 Å². The monoisotopic (exact) mass is 234 g/mol. The molecule has 0 aliphatic rings. The highest BCUT2D eigenvalue weighted by Crippen LogP contribution is 2.19. The lowest BCUT2D eigenvalue weighted by Gasteiger charge is -2.09. The molecule has 0 bridgehead atoms. The number of hydrogen-bond acceptors (Lipinski definition) is 4. The van der Waals surface area contributed by atoms with Gasteiger partial charge in [-0.2, -0.15) is 0 Å². The third-order valence-electron chi connectivity index (χ3n) is 2.28. The van der Waals surface area contributed by atoms with Crippen LogP contribution in [0.3, 0.4) is 0 Å². The van der Waals surface area contributed by atoms with Gasteiger partial charge in [-0.25, -0.2) is 4.98 Å². The quantitative estimate of drug-likeness (QED) is 0.715. The first-order valence-electron chi connectivity index (χ1n) is 5.31. The third-order valence-corrected chi connectivity index (χ3v) is 2.28. The van der Waals surface area contributed by atoms with Crippen LogP contribution in [0.2, 0.25) is 0 Å². The van der Waals surface area contributed by atoms with Crippen molar-refractivity contribution in [2.24, 2.45) is 0 Å². The van der Waals surface area contributed by atoms with Crippen LogP contribution in [0.1, 0.15) is 0 Å². The highest BCUT2D eigenvalue weighted by Gasteiger charge is 2.04. The Kier molecular flexibility index (Phi) is 3.74. The normalized spacial score (nSPS) is 12.4. The van der Waals surface area contributed by atoms with E-state index in [1.807, 2.05) is 12.1 Å². The van der Waals surface area contributed by atoms with Gasteiger partial charge in [-0.15, -0.1) is 0 Å². The van der Waals surface area contributed by atoms with Crippen molar-refractivity contribution < 1.29 is 14.9 Å². The number of benzene rings is 1. The number of nitrogens with one attached hydrogen (secondary N) is 1. The number of imidazole rings is 1. The Morgan fingerprint density at radius 3 is 2.65 bits per heavy atom. The molecule has 0 radical (unpaired) electrons. The molecule has 2 aromatic rings. The van der Waals surface area contributed by atoms with Crippen molar-refractivity contribution in [1.82, 2.24) is 9.97 Å². The number of aliphatic hydroxyl groups excluding tert-OH is 2. The molecule has 0 fully saturated rings. The molecular formula is C12H14N2O3. The largest absolute Gasteiger partial charge is 0.491 e. The van der Waals surface area contributed by atoms with Gasteiger partial charge >= 0.3 is 0 Å². The first-order chi connectivity index (χ1) is 8.29. The lowest BCUT2D eigenvalue weighted by Crippen LogP contribution is -2.21. The molecule has 2 rings (SSSR count). The molecule has 17 heavy (non-hydrogen) atoms. The van der Waals surface area contributed by atoms with Crippen LogP contribution in [0, 0.1) is 0 Å². The van der Waals surface area contributed by atoms with E-state index in [2.05, 4.69) is 9.97 Å². The Balaban J connectivity index is 1.99. The van der Waals surface area contributed by atoms with Gasteiger partial charge < -0.3 is 19.9 Å². The average molecular weight is 234 g/mol. The topological polar surface area (TPSA) is 78.4 Å². The van der Waals surface area contributed by atoms with E-state index in [0.717, 1.165) is 11.4 Å². The minimum absolute atomic E-state index is 0.0800. The van der Waals surface area contributed by atoms with Crippen molar-refractivity contribution in [1.29, 1.82) is 0 Å². The minimum atomic E-state index is -0.847. The zero-order chi connectivity index (χ0) is 12.1. The molecule has 1 heterocycles. The number of aromatic nitrogens is 2. The average Bonchev–Trinajstić information content (AvgIpc) is 2.90. The Hall–Kier alpha value is -1.85. The Labute approximate surface area is 98.7 Å². The zero-order valence-corrected chi connectivity index (χ0v) is 9.21. The number of nitrogens with zero attached hydrogens (tertiary/aromatic N) is 1. The van der Waals surface area contributed by atoms with Gasteiger partial charge in [-0.1, -0.05) is 0 Å². The van der Waals surface area contributed by atoms with Crippen molar-refractivity contribution in [3.05, 3.63) is 36.7 Å². The fourth-order valence-corrected chi connectivity index (χ4v) is 1.38. The number of aromatic amines is 1. The van der Waals surface area contributed by atoms with Crippen molar-refractivity contribution in [3.8, 4) is 17.1 Å². The zero-order valence-electron chi connectivity index (χ0n) is 9.21. The highest BCUT2D eigenvalue weighted by atomic mass is 16.5. The SMILES string of the molecule is OC[C@H](O)COc1ccc(-c2ncc[nH]2)cc1. The van der Waals surface area contributed by atoms with Crippen LogP contribution >= 0.6 is 0 Å². The molecule has 0 unspecified atom stereocenters. The lowest BCUT2D eigenvalue weighted by atomic mass is 10.2. The second kappa shape index (κ2) is 5.47. The van der Waals surface area contributed by atoms with Crippen LogP contribution in [0.15, 0.2) is 36.7 Å². The maximum atomic E-state index is 9.13. The van der Waals surface area contributed by atoms with Gasteiger partial charge in [0.1, 0.15) is 24.3 Å². The first-order valence-corrected chi connectivity index (χ1v) is 5.31. The number of ether oxygens (including phenoxy) is 1. The van der Waals surface area contributed by atoms with Crippen LogP contribution in [-0.2, 0) is 0 Å². The first kappa shape index (κ1) is 11.6. The van der Waals surface area contributed by atoms with Gasteiger partial charge in [0.25, 0.3) is 0 Å². The molecule has 0 aliphatic carbocycles. The molecular weight excluding hydrogens is 220 g/mol. The van der Waals surface area contributed by atoms with E-state index >= 15 is 0 Å². The molecule has 0 saturated carbocycles. The molecule has 0 spiro atoms. The number of H-pyrrole nitrogens is 1. The van der Waals surface area contributed by atoms with Crippen LogP contribution < -0.4 is 4.74 Å². The summed E-state index contributed by atoms with van der Waals surface area (Å²) in [5.41, 5.74) is 0.963. The summed E-state index contributed by atoms with van der Waals surface area (Å²) in [4.78, 5) is 7.14. The number of aliphatic hydroxyl groups is 2. The van der Waals surface area contributed by atoms with Crippen molar-refractivity contribution >= 4 is 0 Å². The summed E-state index contributed by atoms with van der Waals surface area (Å²) >= 11 is 0. The lowest BCUT2D eigenvalue weighted by molar-refractivity contribution is 0.0536. The van der Waals surface area contributed by atoms with E-state index in [0.29, 0.717) is 5.75 Å². The molecule has 0 aliphatic heterocycles. The molecule has 0 saturated heterocycles. The highest BCUT2D eigenvalue weighted by molar-refractivity contribution is 5.55. The molecule has 90 valence electrons. The van der Waals surface area contributed by atoms with Gasteiger partial charge in [-0.3, -0.25) is 0 Å². The van der Waals surface area contributed by atoms with Gasteiger partial charge in [0.05, 0.1) is 6.61 Å². The molecule has 1 aromatic carbocycles. The smallest absolute Gasteiger partial charge is 0.137 e. The van der Waals surface area contributed by atoms with Crippen LogP contribution in [-0.4, -0.2) is 39.5 Å².